The van der Waals surface area contributed by atoms with Crippen LogP contribution < -0.4 is 5.32 Å². The van der Waals surface area contributed by atoms with E-state index in [9.17, 15) is 9.90 Å². The Hall–Kier alpha value is -2.80. The summed E-state index contributed by atoms with van der Waals surface area (Å²) in [5.41, 5.74) is 3.78. The van der Waals surface area contributed by atoms with Gasteiger partial charge >= 0.3 is 0 Å². The summed E-state index contributed by atoms with van der Waals surface area (Å²) in [4.78, 5) is 12.7. The van der Waals surface area contributed by atoms with Gasteiger partial charge in [-0.2, -0.15) is 0 Å². The van der Waals surface area contributed by atoms with E-state index in [2.05, 4.69) is 35.4 Å². The topological polar surface area (TPSA) is 80.0 Å². The minimum absolute atomic E-state index is 0.0213. The molecule has 2 aromatic carbocycles. The van der Waals surface area contributed by atoms with Gasteiger partial charge in [-0.3, -0.25) is 9.36 Å². The number of aryl methyl sites for hydroxylation is 2. The number of carbonyl (C=O) groups is 1. The molecule has 0 saturated heterocycles. The highest BCUT2D eigenvalue weighted by molar-refractivity contribution is 7.99. The van der Waals surface area contributed by atoms with Crippen LogP contribution in [0.25, 0.3) is 17.1 Å². The van der Waals surface area contributed by atoms with Crippen LogP contribution in [0.3, 0.4) is 0 Å². The fourth-order valence-corrected chi connectivity index (χ4v) is 5.14. The monoisotopic (exact) mass is 450 g/mol. The van der Waals surface area contributed by atoms with Gasteiger partial charge in [-0.05, 0) is 56.4 Å². The summed E-state index contributed by atoms with van der Waals surface area (Å²) in [5, 5.41) is 23.1. The predicted octanol–water partition coefficient (Wildman–Crippen LogP) is 5.04. The Balaban J connectivity index is 1.62. The molecule has 1 aliphatic carbocycles. The van der Waals surface area contributed by atoms with E-state index in [0.717, 1.165) is 17.7 Å². The van der Waals surface area contributed by atoms with Crippen molar-refractivity contribution < 1.29 is 9.90 Å². The predicted molar refractivity (Wildman–Crippen MR) is 128 cm³/mol. The highest BCUT2D eigenvalue weighted by atomic mass is 32.2. The Kier molecular flexibility index (Phi) is 6.84. The maximum atomic E-state index is 12.7. The quantitative estimate of drug-likeness (QED) is 0.514. The number of hydrogen-bond acceptors (Lipinski definition) is 5. The minimum Gasteiger partial charge on any atom is -0.507 e. The number of benzene rings is 2. The Morgan fingerprint density at radius 1 is 1.16 bits per heavy atom. The zero-order chi connectivity index (χ0) is 22.7. The standard InChI is InChI=1S/C25H30N4O2S/c1-16-12-13-21(18(3)14-16)29-24(19-9-5-7-11-22(19)30)27-28-25(29)32-15-23(31)26-20-10-6-4-8-17(20)2/h5,7,9,11-14,17,20,30H,4,6,8,10,15H2,1-3H3,(H,26,31)/t17-,20-/m1/s1. The Morgan fingerprint density at radius 2 is 1.94 bits per heavy atom. The third kappa shape index (κ3) is 4.83. The van der Waals surface area contributed by atoms with Gasteiger partial charge in [0.2, 0.25) is 5.91 Å². The molecular weight excluding hydrogens is 420 g/mol. The first kappa shape index (κ1) is 22.4. The summed E-state index contributed by atoms with van der Waals surface area (Å²) in [6.45, 7) is 6.31. The molecule has 0 bridgehead atoms. The van der Waals surface area contributed by atoms with E-state index in [-0.39, 0.29) is 23.5 Å². The second-order valence-corrected chi connectivity index (χ2v) is 9.62. The summed E-state index contributed by atoms with van der Waals surface area (Å²) >= 11 is 1.37. The lowest BCUT2D eigenvalue weighted by Crippen LogP contribution is -2.41. The van der Waals surface area contributed by atoms with Gasteiger partial charge in [-0.25, -0.2) is 0 Å². The number of carbonyl (C=O) groups excluding carboxylic acids is 1. The van der Waals surface area contributed by atoms with E-state index in [0.29, 0.717) is 22.5 Å². The zero-order valence-corrected chi connectivity index (χ0v) is 19.7. The van der Waals surface area contributed by atoms with Crippen molar-refractivity contribution in [2.75, 3.05) is 5.75 Å². The van der Waals surface area contributed by atoms with Gasteiger partial charge in [0, 0.05) is 6.04 Å². The van der Waals surface area contributed by atoms with Gasteiger partial charge in [-0.1, -0.05) is 61.4 Å². The summed E-state index contributed by atoms with van der Waals surface area (Å²) in [7, 11) is 0. The summed E-state index contributed by atoms with van der Waals surface area (Å²) in [5.74, 6) is 1.51. The van der Waals surface area contributed by atoms with Crippen molar-refractivity contribution in [2.24, 2.45) is 5.92 Å². The third-order valence-corrected chi connectivity index (χ3v) is 7.09. The molecule has 6 nitrogen and oxygen atoms in total. The Morgan fingerprint density at radius 3 is 2.69 bits per heavy atom. The lowest BCUT2D eigenvalue weighted by Gasteiger charge is -2.29. The van der Waals surface area contributed by atoms with Crippen LogP contribution >= 0.6 is 11.8 Å². The maximum absolute atomic E-state index is 12.7. The average Bonchev–Trinajstić information content (AvgIpc) is 3.18. The number of amides is 1. The number of para-hydroxylation sites is 1. The number of thioether (sulfide) groups is 1. The van der Waals surface area contributed by atoms with Crippen LogP contribution in [0.15, 0.2) is 47.6 Å². The molecule has 3 aromatic rings. The molecule has 32 heavy (non-hydrogen) atoms. The molecule has 2 atom stereocenters. The van der Waals surface area contributed by atoms with E-state index in [1.54, 1.807) is 12.1 Å². The van der Waals surface area contributed by atoms with Gasteiger partial charge in [0.1, 0.15) is 5.75 Å². The fourth-order valence-electron chi connectivity index (χ4n) is 4.38. The van der Waals surface area contributed by atoms with Crippen molar-refractivity contribution in [3.8, 4) is 22.8 Å². The number of aromatic hydroxyl groups is 1. The Labute approximate surface area is 193 Å². The molecule has 1 heterocycles. The molecule has 1 saturated carbocycles. The summed E-state index contributed by atoms with van der Waals surface area (Å²) in [6.07, 6.45) is 4.64. The van der Waals surface area contributed by atoms with Gasteiger partial charge in [0.25, 0.3) is 0 Å². The number of aromatic nitrogens is 3. The highest BCUT2D eigenvalue weighted by Gasteiger charge is 2.24. The van der Waals surface area contributed by atoms with Gasteiger partial charge in [-0.15, -0.1) is 10.2 Å². The number of nitrogens with zero attached hydrogens (tertiary/aromatic N) is 3. The van der Waals surface area contributed by atoms with Crippen LogP contribution in [-0.2, 0) is 4.79 Å². The highest BCUT2D eigenvalue weighted by Crippen LogP contribution is 2.34. The molecule has 0 unspecified atom stereocenters. The van der Waals surface area contributed by atoms with Crippen LogP contribution in [0.4, 0.5) is 0 Å². The van der Waals surface area contributed by atoms with Crippen LogP contribution in [0, 0.1) is 19.8 Å². The molecule has 4 rings (SSSR count). The molecule has 0 radical (unpaired) electrons. The summed E-state index contributed by atoms with van der Waals surface area (Å²) in [6, 6.07) is 13.5. The first-order valence-corrected chi connectivity index (χ1v) is 12.2. The van der Waals surface area contributed by atoms with Crippen molar-refractivity contribution in [3.63, 3.8) is 0 Å². The van der Waals surface area contributed by atoms with Crippen molar-refractivity contribution in [1.82, 2.24) is 20.1 Å². The minimum atomic E-state index is 0.0213. The van der Waals surface area contributed by atoms with Crippen LogP contribution in [0.5, 0.6) is 5.75 Å². The molecule has 1 amide bonds. The van der Waals surface area contributed by atoms with E-state index >= 15 is 0 Å². The molecule has 168 valence electrons. The summed E-state index contributed by atoms with van der Waals surface area (Å²) < 4.78 is 1.94. The largest absolute Gasteiger partial charge is 0.507 e. The van der Waals surface area contributed by atoms with E-state index in [4.69, 9.17) is 0 Å². The van der Waals surface area contributed by atoms with Crippen molar-refractivity contribution in [2.45, 2.75) is 57.7 Å². The van der Waals surface area contributed by atoms with Crippen molar-refractivity contribution in [1.29, 1.82) is 0 Å². The van der Waals surface area contributed by atoms with E-state index in [1.807, 2.05) is 35.8 Å². The molecule has 1 aliphatic rings. The van der Waals surface area contributed by atoms with Gasteiger partial charge < -0.3 is 10.4 Å². The molecule has 0 spiro atoms. The fraction of sp³-hybridized carbons (Fsp3) is 0.400. The first-order chi connectivity index (χ1) is 15.4. The van der Waals surface area contributed by atoms with Crippen LogP contribution in [0.1, 0.15) is 43.7 Å². The SMILES string of the molecule is Cc1ccc(-n2c(SCC(=O)N[C@@H]3CCCC[C@H]3C)nnc2-c2ccccc2O)c(C)c1. The second kappa shape index (κ2) is 9.77. The number of rotatable bonds is 6. The number of hydrogen-bond donors (Lipinski definition) is 2. The molecular formula is C25H30N4O2S. The van der Waals surface area contributed by atoms with Crippen molar-refractivity contribution in [3.05, 3.63) is 53.6 Å². The van der Waals surface area contributed by atoms with E-state index in [1.165, 1.54) is 36.6 Å². The molecule has 0 aliphatic heterocycles. The molecule has 2 N–H and O–H groups in total. The van der Waals surface area contributed by atoms with Crippen LogP contribution in [-0.4, -0.2) is 37.6 Å². The zero-order valence-electron chi connectivity index (χ0n) is 18.8. The maximum Gasteiger partial charge on any atom is 0.230 e. The molecule has 1 fully saturated rings. The third-order valence-electron chi connectivity index (χ3n) is 6.16. The smallest absolute Gasteiger partial charge is 0.230 e. The first-order valence-electron chi connectivity index (χ1n) is 11.2. The van der Waals surface area contributed by atoms with Gasteiger partial charge in [0.05, 0.1) is 17.0 Å². The lowest BCUT2D eigenvalue weighted by molar-refractivity contribution is -0.119. The number of nitrogens with one attached hydrogen (secondary N) is 1. The van der Waals surface area contributed by atoms with E-state index < -0.39 is 0 Å². The van der Waals surface area contributed by atoms with Gasteiger partial charge in [0.15, 0.2) is 11.0 Å². The molecule has 1 aromatic heterocycles. The Bertz CT molecular complexity index is 1110. The average molecular weight is 451 g/mol. The second-order valence-electron chi connectivity index (χ2n) is 8.67. The normalized spacial score (nSPS) is 18.5. The molecule has 7 heteroatoms. The van der Waals surface area contributed by atoms with Crippen molar-refractivity contribution >= 4 is 17.7 Å². The lowest BCUT2D eigenvalue weighted by atomic mass is 9.86. The number of phenolic OH excluding ortho intramolecular Hbond substituents is 1. The number of phenols is 1. The van der Waals surface area contributed by atoms with Crippen LogP contribution in [0.2, 0.25) is 0 Å².